The van der Waals surface area contributed by atoms with Gasteiger partial charge in [-0.2, -0.15) is 0 Å². The number of esters is 1. The Morgan fingerprint density at radius 1 is 1.03 bits per heavy atom. The third-order valence-corrected chi connectivity index (χ3v) is 7.14. The summed E-state index contributed by atoms with van der Waals surface area (Å²) in [5, 5.41) is 2.37. The summed E-state index contributed by atoms with van der Waals surface area (Å²) < 4.78 is 5.40. The van der Waals surface area contributed by atoms with Gasteiger partial charge in [0.15, 0.2) is 0 Å². The van der Waals surface area contributed by atoms with Crippen LogP contribution < -0.4 is 5.32 Å². The van der Waals surface area contributed by atoms with Crippen LogP contribution in [0, 0.1) is 11.8 Å². The van der Waals surface area contributed by atoms with Gasteiger partial charge in [0.1, 0.15) is 6.04 Å². The minimum atomic E-state index is -0.529. The molecule has 1 unspecified atom stereocenters. The number of nitrogens with one attached hydrogen (secondary N) is 1. The Balaban J connectivity index is 0.000000638. The number of carbonyl (C=O) groups is 4. The summed E-state index contributed by atoms with van der Waals surface area (Å²) in [5.74, 6) is -0.202. The van der Waals surface area contributed by atoms with E-state index in [4.69, 9.17) is 4.74 Å². The first-order chi connectivity index (χ1) is 18.6. The fourth-order valence-corrected chi connectivity index (χ4v) is 4.61. The highest BCUT2D eigenvalue weighted by atomic mass is 16.5. The van der Waals surface area contributed by atoms with Gasteiger partial charge in [-0.15, -0.1) is 0 Å². The number of hydrogen-bond donors (Lipinski definition) is 1. The van der Waals surface area contributed by atoms with Gasteiger partial charge in [0.2, 0.25) is 18.2 Å². The summed E-state index contributed by atoms with van der Waals surface area (Å²) in [7, 11) is 3.85. The van der Waals surface area contributed by atoms with Crippen LogP contribution in [-0.4, -0.2) is 97.9 Å². The van der Waals surface area contributed by atoms with Crippen molar-refractivity contribution in [2.75, 3.05) is 46.9 Å². The van der Waals surface area contributed by atoms with Gasteiger partial charge in [0.25, 0.3) is 0 Å². The van der Waals surface area contributed by atoms with E-state index in [1.54, 1.807) is 24.9 Å². The van der Waals surface area contributed by atoms with Crippen LogP contribution >= 0.6 is 0 Å². The molecule has 0 bridgehead atoms. The zero-order valence-corrected chi connectivity index (χ0v) is 25.5. The number of nitrogens with zero attached hydrogens (tertiary/aromatic N) is 3. The molecule has 224 valence electrons. The predicted molar refractivity (Wildman–Crippen MR) is 155 cm³/mol. The third kappa shape index (κ3) is 13.0. The zero-order valence-electron chi connectivity index (χ0n) is 25.5. The number of ether oxygens (including phenoxy) is 1. The molecule has 9 heteroatoms. The van der Waals surface area contributed by atoms with Gasteiger partial charge in [-0.05, 0) is 77.4 Å². The van der Waals surface area contributed by atoms with Crippen LogP contribution in [-0.2, 0) is 23.9 Å². The van der Waals surface area contributed by atoms with E-state index < -0.39 is 6.04 Å². The van der Waals surface area contributed by atoms with E-state index in [0.29, 0.717) is 37.5 Å². The normalized spacial score (nSPS) is 20.2. The van der Waals surface area contributed by atoms with Crippen molar-refractivity contribution in [3.8, 4) is 0 Å². The molecule has 1 saturated carbocycles. The van der Waals surface area contributed by atoms with Gasteiger partial charge >= 0.3 is 5.97 Å². The van der Waals surface area contributed by atoms with Crippen molar-refractivity contribution < 1.29 is 23.9 Å². The second kappa shape index (κ2) is 18.8. The molecule has 2 atom stereocenters. The number of carbonyl (C=O) groups excluding carboxylic acids is 4. The average Bonchev–Trinajstić information content (AvgIpc) is 3.62. The number of piperidine rings is 1. The van der Waals surface area contributed by atoms with Crippen molar-refractivity contribution in [1.29, 1.82) is 0 Å². The fourth-order valence-electron chi connectivity index (χ4n) is 4.61. The van der Waals surface area contributed by atoms with Crippen LogP contribution in [0.2, 0.25) is 0 Å². The van der Waals surface area contributed by atoms with Crippen molar-refractivity contribution in [1.82, 2.24) is 20.0 Å². The zero-order chi connectivity index (χ0) is 29.4. The predicted octanol–water partition coefficient (Wildman–Crippen LogP) is 3.62. The molecule has 2 aliphatic heterocycles. The summed E-state index contributed by atoms with van der Waals surface area (Å²) in [6, 6.07) is -0.832. The quantitative estimate of drug-likeness (QED) is 0.253. The number of rotatable bonds is 10. The molecule has 0 aromatic heterocycles. The van der Waals surface area contributed by atoms with Crippen molar-refractivity contribution >= 4 is 24.2 Å². The fraction of sp³-hybridized carbons (Fsp3) is 0.800. The molecule has 9 nitrogen and oxygen atoms in total. The highest BCUT2D eigenvalue weighted by molar-refractivity contribution is 5.96. The van der Waals surface area contributed by atoms with Crippen LogP contribution in [0.3, 0.4) is 0 Å². The second-order valence-corrected chi connectivity index (χ2v) is 11.4. The van der Waals surface area contributed by atoms with E-state index in [0.717, 1.165) is 19.3 Å². The van der Waals surface area contributed by atoms with E-state index in [9.17, 15) is 19.2 Å². The van der Waals surface area contributed by atoms with Crippen LogP contribution in [0.15, 0.2) is 11.6 Å². The monoisotopic (exact) mass is 550 g/mol. The van der Waals surface area contributed by atoms with E-state index in [1.165, 1.54) is 43.7 Å². The molecule has 2 heterocycles. The average molecular weight is 551 g/mol. The Bertz CT molecular complexity index is 790. The maximum atomic E-state index is 13.0. The number of amides is 3. The lowest BCUT2D eigenvalue weighted by atomic mass is 9.99. The van der Waals surface area contributed by atoms with Crippen LogP contribution in [0.25, 0.3) is 0 Å². The largest absolute Gasteiger partial charge is 0.464 e. The minimum absolute atomic E-state index is 0.0702. The Hall–Kier alpha value is -2.42. The summed E-state index contributed by atoms with van der Waals surface area (Å²) >= 11 is 0. The molecule has 39 heavy (non-hydrogen) atoms. The van der Waals surface area contributed by atoms with Crippen LogP contribution in [0.4, 0.5) is 0 Å². The molecule has 1 aliphatic carbocycles. The van der Waals surface area contributed by atoms with Crippen molar-refractivity contribution in [2.24, 2.45) is 11.8 Å². The van der Waals surface area contributed by atoms with E-state index in [2.05, 4.69) is 31.1 Å². The molecule has 3 amide bonds. The molecule has 1 N–H and O–H groups in total. The van der Waals surface area contributed by atoms with Crippen molar-refractivity contribution in [2.45, 2.75) is 98.1 Å². The van der Waals surface area contributed by atoms with E-state index in [-0.39, 0.29) is 36.3 Å². The lowest BCUT2D eigenvalue weighted by Gasteiger charge is -2.30. The van der Waals surface area contributed by atoms with E-state index >= 15 is 0 Å². The Morgan fingerprint density at radius 2 is 1.64 bits per heavy atom. The lowest BCUT2D eigenvalue weighted by Crippen LogP contribution is -2.45. The maximum absolute atomic E-state index is 13.0. The first-order valence-electron chi connectivity index (χ1n) is 14.8. The summed E-state index contributed by atoms with van der Waals surface area (Å²) in [4.78, 5) is 53.6. The molecule has 3 rings (SSSR count). The first-order valence-corrected chi connectivity index (χ1v) is 14.8. The molecule has 0 radical (unpaired) electrons. The molecule has 0 aromatic carbocycles. The van der Waals surface area contributed by atoms with Gasteiger partial charge < -0.3 is 24.8 Å². The minimum Gasteiger partial charge on any atom is -0.464 e. The molecule has 2 saturated heterocycles. The smallest absolute Gasteiger partial charge is 0.328 e. The molecule has 3 fully saturated rings. The Morgan fingerprint density at radius 3 is 2.13 bits per heavy atom. The molecular weight excluding hydrogens is 496 g/mol. The van der Waals surface area contributed by atoms with Gasteiger partial charge in [-0.25, -0.2) is 4.79 Å². The summed E-state index contributed by atoms with van der Waals surface area (Å²) in [6.45, 7) is 13.4. The van der Waals surface area contributed by atoms with Crippen molar-refractivity contribution in [3.63, 3.8) is 0 Å². The van der Waals surface area contributed by atoms with Crippen LogP contribution in [0.5, 0.6) is 0 Å². The van der Waals surface area contributed by atoms with Gasteiger partial charge in [0, 0.05) is 19.2 Å². The topological polar surface area (TPSA) is 99.3 Å². The number of likely N-dealkylation sites (N-methyl/N-ethyl adjacent to an activating group) is 1. The summed E-state index contributed by atoms with van der Waals surface area (Å²) in [5.41, 5.74) is 0.494. The third-order valence-electron chi connectivity index (χ3n) is 7.14. The van der Waals surface area contributed by atoms with E-state index in [1.807, 2.05) is 13.8 Å². The molecular formula is C30H54N4O5. The second-order valence-electron chi connectivity index (χ2n) is 11.4. The standard InChI is InChI=1S/C21H33N3O5.C6H13N.C3H8/c1-14(2)18(23(4)19(26)11-22-13-25)10-15(3)20(27)24-9-5-6-17(24)21(28)29-12-16-7-8-16;1-7-5-3-2-4-6-7;1-3-2/h10,13-14,16-18H,5-9,11-12H2,1-4H3,(H,22,25);2-6H2,1H3;3H2,1-2H3/b15-10+;;/t17?,18-;;/m1../s1. The maximum Gasteiger partial charge on any atom is 0.328 e. The van der Waals surface area contributed by atoms with Crippen LogP contribution in [0.1, 0.15) is 86.0 Å². The summed E-state index contributed by atoms with van der Waals surface area (Å²) in [6.07, 6.45) is 11.4. The van der Waals surface area contributed by atoms with Gasteiger partial charge in [-0.1, -0.05) is 46.6 Å². The highest BCUT2D eigenvalue weighted by Gasteiger charge is 2.37. The van der Waals surface area contributed by atoms with Gasteiger partial charge in [-0.3, -0.25) is 14.4 Å². The Labute approximate surface area is 236 Å². The molecule has 0 spiro atoms. The molecule has 0 aromatic rings. The van der Waals surface area contributed by atoms with Crippen molar-refractivity contribution in [3.05, 3.63) is 11.6 Å². The lowest BCUT2D eigenvalue weighted by molar-refractivity contribution is -0.152. The first kappa shape index (κ1) is 34.6. The Kier molecular flexibility index (Phi) is 16.7. The SMILES string of the molecule is C/C(=C\[C@H](C(C)C)N(C)C(=O)CNC=O)C(=O)N1CCCC1C(=O)OCC1CC1.CCC.CN1CCCCC1. The molecule has 3 aliphatic rings. The van der Waals surface area contributed by atoms with Gasteiger partial charge in [0.05, 0.1) is 19.2 Å². The number of hydrogen-bond acceptors (Lipinski definition) is 6. The number of likely N-dealkylation sites (tertiary alicyclic amines) is 2. The highest BCUT2D eigenvalue weighted by Crippen LogP contribution is 2.30.